The maximum Gasteiger partial charge on any atom is 0.252 e. The highest BCUT2D eigenvalue weighted by Crippen LogP contribution is 2.21. The maximum atomic E-state index is 14.2. The number of anilines is 1. The summed E-state index contributed by atoms with van der Waals surface area (Å²) in [6, 6.07) is 8.53. The number of nitrogens with one attached hydrogen (secondary N) is 3. The van der Waals surface area contributed by atoms with Gasteiger partial charge in [-0.3, -0.25) is 4.79 Å². The quantitative estimate of drug-likeness (QED) is 0.270. The molecule has 2 rings (SSSR count). The molecule has 0 radical (unpaired) electrons. The second-order valence-electron chi connectivity index (χ2n) is 6.23. The van der Waals surface area contributed by atoms with Gasteiger partial charge in [0.15, 0.2) is 5.88 Å². The second-order valence-corrected chi connectivity index (χ2v) is 6.23. The van der Waals surface area contributed by atoms with Crippen LogP contribution in [0.15, 0.2) is 42.4 Å². The molecule has 0 fully saturated rings. The molecular formula is C21H22FN5O3. The van der Waals surface area contributed by atoms with Crippen molar-refractivity contribution in [3.05, 3.63) is 64.9 Å². The van der Waals surface area contributed by atoms with E-state index in [2.05, 4.69) is 15.6 Å². The van der Waals surface area contributed by atoms with Gasteiger partial charge in [-0.2, -0.15) is 5.26 Å². The molecule has 1 aromatic heterocycles. The van der Waals surface area contributed by atoms with Gasteiger partial charge >= 0.3 is 0 Å². The molecule has 0 unspecified atom stereocenters. The van der Waals surface area contributed by atoms with Crippen LogP contribution in [0, 0.1) is 22.6 Å². The fourth-order valence-electron chi connectivity index (χ4n) is 2.54. The Hall–Kier alpha value is -3.77. The van der Waals surface area contributed by atoms with E-state index < -0.39 is 11.7 Å². The number of aliphatic hydroxyl groups excluding tert-OH is 1. The van der Waals surface area contributed by atoms with Gasteiger partial charge in [0.05, 0.1) is 22.8 Å². The topological polar surface area (TPSA) is 131 Å². The lowest BCUT2D eigenvalue weighted by Gasteiger charge is -2.10. The molecule has 0 spiro atoms. The summed E-state index contributed by atoms with van der Waals surface area (Å²) in [6.45, 7) is 1.16. The summed E-state index contributed by atoms with van der Waals surface area (Å²) in [7, 11) is 1.62. The van der Waals surface area contributed by atoms with Gasteiger partial charge < -0.3 is 25.9 Å². The highest BCUT2D eigenvalue weighted by molar-refractivity contribution is 6.09. The molecule has 1 amide bonds. The number of aliphatic hydroxyl groups is 1. The average Bonchev–Trinajstić information content (AvgIpc) is 2.75. The number of aromatic nitrogens is 1. The second kappa shape index (κ2) is 11.3. The molecular weight excluding hydrogens is 389 g/mol. The third-order valence-corrected chi connectivity index (χ3v) is 4.12. The number of carbonyl (C=O) groups excluding carboxylic acids is 1. The number of ether oxygens (including phenoxy) is 1. The van der Waals surface area contributed by atoms with Gasteiger partial charge in [0.25, 0.3) is 5.91 Å². The van der Waals surface area contributed by atoms with Crippen LogP contribution in [0.25, 0.3) is 5.57 Å². The maximum absolute atomic E-state index is 14.2. The minimum absolute atomic E-state index is 0.0431. The predicted octanol–water partition coefficient (Wildman–Crippen LogP) is 3.24. The first-order valence-electron chi connectivity index (χ1n) is 9.14. The summed E-state index contributed by atoms with van der Waals surface area (Å²) in [5.41, 5.74) is 0.318. The van der Waals surface area contributed by atoms with Crippen molar-refractivity contribution < 1.29 is 19.0 Å². The van der Waals surface area contributed by atoms with Crippen LogP contribution in [0.1, 0.15) is 34.3 Å². The van der Waals surface area contributed by atoms with Gasteiger partial charge in [-0.1, -0.05) is 0 Å². The number of carbonyl (C=O) groups is 1. The Morgan fingerprint density at radius 2 is 2.17 bits per heavy atom. The zero-order chi connectivity index (χ0) is 21.9. The van der Waals surface area contributed by atoms with Crippen LogP contribution in [0.4, 0.5) is 10.2 Å². The monoisotopic (exact) mass is 411 g/mol. The first-order valence-corrected chi connectivity index (χ1v) is 9.14. The highest BCUT2D eigenvalue weighted by Gasteiger charge is 2.13. The van der Waals surface area contributed by atoms with Crippen molar-refractivity contribution >= 4 is 23.5 Å². The van der Waals surface area contributed by atoms with Crippen molar-refractivity contribution in [3.8, 4) is 6.07 Å². The van der Waals surface area contributed by atoms with Gasteiger partial charge in [0.1, 0.15) is 11.6 Å². The molecule has 0 aliphatic rings. The number of nitriles is 1. The van der Waals surface area contributed by atoms with Crippen molar-refractivity contribution in [3.63, 3.8) is 0 Å². The van der Waals surface area contributed by atoms with Crippen LogP contribution in [0.5, 0.6) is 0 Å². The standard InChI is InChI=1S/C21H22FN5O3/c1-30-9-3-2-8-25-20(28)15-5-7-19(26-13-15)27-21(29)17(12-24)16-6-4-14(11-23)10-18(16)22/h4-7,10,12-13,24,29H,2-3,8-9H2,1H3,(H,25,28)(H,26,27)/b21-17-,24-12?. The van der Waals surface area contributed by atoms with E-state index in [1.807, 2.05) is 6.07 Å². The Bertz CT molecular complexity index is 968. The van der Waals surface area contributed by atoms with Crippen LogP contribution in [-0.4, -0.2) is 42.5 Å². The van der Waals surface area contributed by atoms with Crippen molar-refractivity contribution in [1.29, 1.82) is 10.7 Å². The van der Waals surface area contributed by atoms with E-state index in [4.69, 9.17) is 15.4 Å². The number of rotatable bonds is 10. The van der Waals surface area contributed by atoms with E-state index in [-0.39, 0.29) is 28.4 Å². The number of amides is 1. The van der Waals surface area contributed by atoms with Gasteiger partial charge in [-0.05, 0) is 43.2 Å². The minimum atomic E-state index is -0.744. The van der Waals surface area contributed by atoms with Crippen LogP contribution < -0.4 is 10.6 Å². The summed E-state index contributed by atoms with van der Waals surface area (Å²) < 4.78 is 19.1. The number of hydrogen-bond acceptors (Lipinski definition) is 7. The van der Waals surface area contributed by atoms with Crippen molar-refractivity contribution in [2.45, 2.75) is 12.8 Å². The number of allylic oxidation sites excluding steroid dienone is 1. The molecule has 0 bridgehead atoms. The van der Waals surface area contributed by atoms with E-state index in [1.54, 1.807) is 7.11 Å². The molecule has 0 saturated heterocycles. The Morgan fingerprint density at radius 3 is 2.77 bits per heavy atom. The third kappa shape index (κ3) is 6.12. The average molecular weight is 411 g/mol. The summed E-state index contributed by atoms with van der Waals surface area (Å²) in [6.07, 6.45) is 3.77. The normalized spacial score (nSPS) is 11.2. The van der Waals surface area contributed by atoms with E-state index in [9.17, 15) is 14.3 Å². The third-order valence-electron chi connectivity index (χ3n) is 4.12. The molecule has 0 saturated carbocycles. The number of hydrogen-bond donors (Lipinski definition) is 4. The molecule has 4 N–H and O–H groups in total. The van der Waals surface area contributed by atoms with E-state index in [0.29, 0.717) is 18.7 Å². The fourth-order valence-corrected chi connectivity index (χ4v) is 2.54. The van der Waals surface area contributed by atoms with E-state index >= 15 is 0 Å². The molecule has 0 aliphatic heterocycles. The van der Waals surface area contributed by atoms with Crippen LogP contribution >= 0.6 is 0 Å². The molecule has 0 aliphatic carbocycles. The lowest BCUT2D eigenvalue weighted by molar-refractivity contribution is 0.0951. The first-order chi connectivity index (χ1) is 14.5. The molecule has 1 aromatic carbocycles. The molecule has 2 aromatic rings. The molecule has 1 heterocycles. The number of halogens is 1. The SMILES string of the molecule is COCCCCNC(=O)c1ccc(N/C(O)=C(\C=N)c2ccc(C#N)cc2F)nc1. The predicted molar refractivity (Wildman–Crippen MR) is 111 cm³/mol. The Balaban J connectivity index is 2.07. The summed E-state index contributed by atoms with van der Waals surface area (Å²) >= 11 is 0. The Kier molecular flexibility index (Phi) is 8.47. The van der Waals surface area contributed by atoms with Gasteiger partial charge in [-0.15, -0.1) is 0 Å². The molecule has 0 atom stereocenters. The van der Waals surface area contributed by atoms with Gasteiger partial charge in [0, 0.05) is 38.2 Å². The zero-order valence-electron chi connectivity index (χ0n) is 16.4. The minimum Gasteiger partial charge on any atom is -0.494 e. The molecule has 8 nitrogen and oxygen atoms in total. The number of pyridine rings is 1. The lowest BCUT2D eigenvalue weighted by atomic mass is 10.0. The Morgan fingerprint density at radius 1 is 1.37 bits per heavy atom. The summed E-state index contributed by atoms with van der Waals surface area (Å²) in [5.74, 6) is -1.30. The highest BCUT2D eigenvalue weighted by atomic mass is 19.1. The smallest absolute Gasteiger partial charge is 0.252 e. The Labute approximate surface area is 173 Å². The number of benzene rings is 1. The van der Waals surface area contributed by atoms with E-state index in [0.717, 1.165) is 25.1 Å². The van der Waals surface area contributed by atoms with Gasteiger partial charge in [0.2, 0.25) is 0 Å². The van der Waals surface area contributed by atoms with Crippen LogP contribution in [0.3, 0.4) is 0 Å². The number of unbranched alkanes of at least 4 members (excludes halogenated alkanes) is 1. The lowest BCUT2D eigenvalue weighted by Crippen LogP contribution is -2.24. The summed E-state index contributed by atoms with van der Waals surface area (Å²) in [4.78, 5) is 16.1. The van der Waals surface area contributed by atoms with Crippen molar-refractivity contribution in [2.75, 3.05) is 25.6 Å². The van der Waals surface area contributed by atoms with E-state index in [1.165, 1.54) is 30.5 Å². The molecule has 30 heavy (non-hydrogen) atoms. The van der Waals surface area contributed by atoms with Crippen LogP contribution in [0.2, 0.25) is 0 Å². The van der Waals surface area contributed by atoms with Crippen molar-refractivity contribution in [2.24, 2.45) is 0 Å². The number of nitrogens with zero attached hydrogens (tertiary/aromatic N) is 2. The molecule has 156 valence electrons. The van der Waals surface area contributed by atoms with Gasteiger partial charge in [-0.25, -0.2) is 9.37 Å². The largest absolute Gasteiger partial charge is 0.494 e. The fraction of sp³-hybridized carbons (Fsp3) is 0.238. The first kappa shape index (κ1) is 22.5. The van der Waals surface area contributed by atoms with Crippen LogP contribution in [-0.2, 0) is 4.74 Å². The summed E-state index contributed by atoms with van der Waals surface area (Å²) in [5, 5.41) is 31.9. The molecule has 9 heteroatoms. The van der Waals surface area contributed by atoms with Crippen molar-refractivity contribution in [1.82, 2.24) is 10.3 Å². The zero-order valence-corrected chi connectivity index (χ0v) is 16.4. The number of methoxy groups -OCH3 is 1.